The van der Waals surface area contributed by atoms with E-state index >= 15 is 0 Å². The molecule has 0 saturated heterocycles. The largest absolute Gasteiger partial charge is 0.492 e. The topological polar surface area (TPSA) is 44.2 Å². The Morgan fingerprint density at radius 2 is 1.16 bits per heavy atom. The van der Waals surface area contributed by atoms with Gasteiger partial charge in [-0.3, -0.25) is 0 Å². The molecule has 0 atom stereocenters. The van der Waals surface area contributed by atoms with Gasteiger partial charge in [0.15, 0.2) is 11.5 Å². The molecule has 0 aliphatic heterocycles. The molecular formula is C14H20N2O2S. The molecule has 0 unspecified atom stereocenters. The van der Waals surface area contributed by atoms with Crippen molar-refractivity contribution in [2.45, 2.75) is 39.5 Å². The summed E-state index contributed by atoms with van der Waals surface area (Å²) in [6, 6.07) is 0. The van der Waals surface area contributed by atoms with E-state index < -0.39 is 0 Å². The van der Waals surface area contributed by atoms with E-state index in [9.17, 15) is 0 Å². The maximum absolute atomic E-state index is 5.61. The minimum atomic E-state index is 0.302. The number of nitrogens with zero attached hydrogens (tertiary/aromatic N) is 2. The molecule has 19 heavy (non-hydrogen) atoms. The van der Waals surface area contributed by atoms with E-state index in [4.69, 9.17) is 9.47 Å². The van der Waals surface area contributed by atoms with Gasteiger partial charge in [-0.15, -0.1) is 0 Å². The van der Waals surface area contributed by atoms with Gasteiger partial charge in [0.2, 0.25) is 0 Å². The van der Waals surface area contributed by atoms with Crippen LogP contribution in [0.15, 0.2) is 0 Å². The zero-order chi connectivity index (χ0) is 14.2. The first-order valence-corrected chi connectivity index (χ1v) is 7.15. The SMILES string of the molecule is COc1c(OC)c(C(C)C)c2nsnc2c1C(C)C. The summed E-state index contributed by atoms with van der Waals surface area (Å²) in [5.74, 6) is 2.19. The van der Waals surface area contributed by atoms with E-state index in [2.05, 4.69) is 36.4 Å². The molecule has 0 N–H and O–H groups in total. The van der Waals surface area contributed by atoms with Crippen molar-refractivity contribution in [2.75, 3.05) is 14.2 Å². The lowest BCUT2D eigenvalue weighted by Gasteiger charge is -2.20. The second-order valence-electron chi connectivity index (χ2n) is 5.16. The third kappa shape index (κ3) is 2.16. The highest BCUT2D eigenvalue weighted by atomic mass is 32.1. The molecule has 0 saturated carbocycles. The molecule has 1 aromatic heterocycles. The van der Waals surface area contributed by atoms with Crippen molar-refractivity contribution in [1.29, 1.82) is 0 Å². The second kappa shape index (κ2) is 5.33. The van der Waals surface area contributed by atoms with Crippen molar-refractivity contribution in [3.8, 4) is 11.5 Å². The lowest BCUT2D eigenvalue weighted by atomic mass is 9.92. The summed E-state index contributed by atoms with van der Waals surface area (Å²) >= 11 is 1.24. The van der Waals surface area contributed by atoms with Gasteiger partial charge in [-0.05, 0) is 11.8 Å². The Labute approximate surface area is 118 Å². The first kappa shape index (κ1) is 14.1. The number of hydrogen-bond donors (Lipinski definition) is 0. The minimum Gasteiger partial charge on any atom is -0.492 e. The van der Waals surface area contributed by atoms with Crippen LogP contribution in [0.4, 0.5) is 0 Å². The Hall–Kier alpha value is -1.36. The predicted octanol–water partition coefficient (Wildman–Crippen LogP) is 3.96. The summed E-state index contributed by atoms with van der Waals surface area (Å²) in [7, 11) is 3.36. The van der Waals surface area contributed by atoms with Crippen LogP contribution in [-0.4, -0.2) is 23.0 Å². The number of fused-ring (bicyclic) bond motifs is 1. The molecule has 1 heterocycles. The molecule has 0 radical (unpaired) electrons. The Kier molecular flexibility index (Phi) is 3.94. The zero-order valence-corrected chi connectivity index (χ0v) is 13.1. The lowest BCUT2D eigenvalue weighted by Crippen LogP contribution is -2.04. The summed E-state index contributed by atoms with van der Waals surface area (Å²) in [4.78, 5) is 0. The smallest absolute Gasteiger partial charge is 0.166 e. The Bertz CT molecular complexity index is 541. The molecule has 2 rings (SSSR count). The van der Waals surface area contributed by atoms with Crippen molar-refractivity contribution in [3.05, 3.63) is 11.1 Å². The molecule has 104 valence electrons. The third-order valence-corrected chi connectivity index (χ3v) is 3.79. The lowest BCUT2D eigenvalue weighted by molar-refractivity contribution is 0.347. The Morgan fingerprint density at radius 3 is 1.42 bits per heavy atom. The molecular weight excluding hydrogens is 260 g/mol. The maximum atomic E-state index is 5.61. The summed E-state index contributed by atoms with van der Waals surface area (Å²) in [5.41, 5.74) is 4.04. The monoisotopic (exact) mass is 280 g/mol. The Morgan fingerprint density at radius 1 is 0.789 bits per heavy atom. The van der Waals surface area contributed by atoms with Crippen LogP contribution in [0.5, 0.6) is 11.5 Å². The molecule has 4 nitrogen and oxygen atoms in total. The first-order valence-electron chi connectivity index (χ1n) is 6.42. The quantitative estimate of drug-likeness (QED) is 0.850. The van der Waals surface area contributed by atoms with Crippen molar-refractivity contribution >= 4 is 22.8 Å². The molecule has 0 fully saturated rings. The van der Waals surface area contributed by atoms with E-state index in [0.29, 0.717) is 11.8 Å². The van der Waals surface area contributed by atoms with Gasteiger partial charge in [-0.1, -0.05) is 27.7 Å². The number of rotatable bonds is 4. The van der Waals surface area contributed by atoms with Gasteiger partial charge in [0, 0.05) is 11.1 Å². The molecule has 0 aliphatic rings. The maximum Gasteiger partial charge on any atom is 0.166 e. The second-order valence-corrected chi connectivity index (χ2v) is 5.69. The van der Waals surface area contributed by atoms with E-state index in [-0.39, 0.29) is 0 Å². The van der Waals surface area contributed by atoms with Crippen LogP contribution in [0.3, 0.4) is 0 Å². The van der Waals surface area contributed by atoms with Gasteiger partial charge in [0.05, 0.1) is 25.9 Å². The number of methoxy groups -OCH3 is 2. The van der Waals surface area contributed by atoms with Crippen LogP contribution < -0.4 is 9.47 Å². The highest BCUT2D eigenvalue weighted by Crippen LogP contribution is 2.46. The van der Waals surface area contributed by atoms with Gasteiger partial charge in [-0.25, -0.2) is 0 Å². The zero-order valence-electron chi connectivity index (χ0n) is 12.3. The van der Waals surface area contributed by atoms with Crippen LogP contribution in [0.2, 0.25) is 0 Å². The average molecular weight is 280 g/mol. The van der Waals surface area contributed by atoms with Crippen LogP contribution in [0.1, 0.15) is 50.7 Å². The summed E-state index contributed by atoms with van der Waals surface area (Å²) in [5, 5.41) is 0. The predicted molar refractivity (Wildman–Crippen MR) is 78.7 cm³/mol. The summed E-state index contributed by atoms with van der Waals surface area (Å²) < 4.78 is 20.1. The van der Waals surface area contributed by atoms with E-state index in [1.807, 2.05) is 0 Å². The minimum absolute atomic E-state index is 0.302. The molecule has 0 bridgehead atoms. The third-order valence-electron chi connectivity index (χ3n) is 3.26. The van der Waals surface area contributed by atoms with Crippen molar-refractivity contribution in [2.24, 2.45) is 0 Å². The van der Waals surface area contributed by atoms with Crippen LogP contribution >= 0.6 is 11.7 Å². The standard InChI is InChI=1S/C14H20N2O2S/c1-7(2)9-11-12(16-19-15-11)10(8(3)4)14(18-6)13(9)17-5/h7-8H,1-6H3. The van der Waals surface area contributed by atoms with E-state index in [0.717, 1.165) is 33.7 Å². The molecule has 5 heteroatoms. The van der Waals surface area contributed by atoms with E-state index in [1.54, 1.807) is 14.2 Å². The van der Waals surface area contributed by atoms with E-state index in [1.165, 1.54) is 11.7 Å². The first-order chi connectivity index (χ1) is 9.02. The number of aromatic nitrogens is 2. The summed E-state index contributed by atoms with van der Waals surface area (Å²) in [6.45, 7) is 8.52. The van der Waals surface area contributed by atoms with Gasteiger partial charge >= 0.3 is 0 Å². The van der Waals surface area contributed by atoms with Crippen LogP contribution in [0.25, 0.3) is 11.0 Å². The van der Waals surface area contributed by atoms with Crippen LogP contribution in [-0.2, 0) is 0 Å². The van der Waals surface area contributed by atoms with Crippen molar-refractivity contribution < 1.29 is 9.47 Å². The molecule has 2 aromatic rings. The fourth-order valence-corrected chi connectivity index (χ4v) is 3.05. The van der Waals surface area contributed by atoms with Gasteiger partial charge in [-0.2, -0.15) is 8.75 Å². The van der Waals surface area contributed by atoms with Crippen molar-refractivity contribution in [1.82, 2.24) is 8.75 Å². The highest BCUT2D eigenvalue weighted by Gasteiger charge is 2.26. The fraction of sp³-hybridized carbons (Fsp3) is 0.571. The molecule has 0 spiro atoms. The van der Waals surface area contributed by atoms with Gasteiger partial charge < -0.3 is 9.47 Å². The summed E-state index contributed by atoms with van der Waals surface area (Å²) in [6.07, 6.45) is 0. The normalized spacial score (nSPS) is 11.6. The van der Waals surface area contributed by atoms with Crippen LogP contribution in [0, 0.1) is 0 Å². The number of benzene rings is 1. The number of ether oxygens (including phenoxy) is 2. The molecule has 0 aliphatic carbocycles. The highest BCUT2D eigenvalue weighted by molar-refractivity contribution is 7.00. The Balaban J connectivity index is 2.95. The van der Waals surface area contributed by atoms with Gasteiger partial charge in [0.25, 0.3) is 0 Å². The molecule has 0 amide bonds. The fourth-order valence-electron chi connectivity index (χ4n) is 2.48. The van der Waals surface area contributed by atoms with Gasteiger partial charge in [0.1, 0.15) is 11.0 Å². The molecule has 1 aromatic carbocycles. The van der Waals surface area contributed by atoms with Crippen molar-refractivity contribution in [3.63, 3.8) is 0 Å². The average Bonchev–Trinajstić information content (AvgIpc) is 2.82. The number of hydrogen-bond acceptors (Lipinski definition) is 5.